The van der Waals surface area contributed by atoms with Gasteiger partial charge >= 0.3 is 0 Å². The molecule has 1 aliphatic rings. The molecule has 6 nitrogen and oxygen atoms in total. The molecule has 1 aliphatic heterocycles. The molecule has 1 amide bonds. The fraction of sp³-hybridized carbons (Fsp3) is 0.0870. The number of anilines is 1. The number of ether oxygens (including phenoxy) is 1. The SMILES string of the molecule is COc1ccccc1/C(O)=C1/C(=O)C(=O)N(c2ccc(Cl)cc2)C1c1cccnc1. The van der Waals surface area contributed by atoms with Crippen LogP contribution in [0.2, 0.25) is 5.02 Å². The Morgan fingerprint density at radius 2 is 1.80 bits per heavy atom. The minimum atomic E-state index is -0.857. The predicted octanol–water partition coefficient (Wildman–Crippen LogP) is 4.37. The second kappa shape index (κ2) is 8.00. The van der Waals surface area contributed by atoms with E-state index in [0.29, 0.717) is 27.6 Å². The van der Waals surface area contributed by atoms with Crippen molar-refractivity contribution in [2.45, 2.75) is 6.04 Å². The van der Waals surface area contributed by atoms with Crippen LogP contribution >= 0.6 is 11.6 Å². The monoisotopic (exact) mass is 420 g/mol. The number of pyridine rings is 1. The minimum absolute atomic E-state index is 0.0348. The van der Waals surface area contributed by atoms with Crippen molar-refractivity contribution in [3.8, 4) is 5.75 Å². The van der Waals surface area contributed by atoms with E-state index in [9.17, 15) is 14.7 Å². The van der Waals surface area contributed by atoms with Crippen LogP contribution < -0.4 is 9.64 Å². The molecule has 1 N–H and O–H groups in total. The first-order chi connectivity index (χ1) is 14.5. The smallest absolute Gasteiger partial charge is 0.300 e. The van der Waals surface area contributed by atoms with Gasteiger partial charge in [-0.2, -0.15) is 0 Å². The van der Waals surface area contributed by atoms with Gasteiger partial charge in [-0.3, -0.25) is 19.5 Å². The number of benzene rings is 2. The van der Waals surface area contributed by atoms with E-state index in [1.807, 2.05) is 0 Å². The number of halogens is 1. The molecule has 0 saturated carbocycles. The molecule has 2 aromatic carbocycles. The van der Waals surface area contributed by atoms with E-state index in [0.717, 1.165) is 0 Å². The van der Waals surface area contributed by atoms with Gasteiger partial charge in [0.2, 0.25) is 0 Å². The molecule has 1 fully saturated rings. The maximum absolute atomic E-state index is 13.1. The molecule has 2 heterocycles. The Morgan fingerprint density at radius 3 is 2.47 bits per heavy atom. The van der Waals surface area contributed by atoms with Crippen LogP contribution in [-0.2, 0) is 9.59 Å². The number of para-hydroxylation sites is 1. The molecule has 1 saturated heterocycles. The summed E-state index contributed by atoms with van der Waals surface area (Å²) < 4.78 is 5.32. The van der Waals surface area contributed by atoms with E-state index in [-0.39, 0.29) is 11.3 Å². The van der Waals surface area contributed by atoms with Crippen molar-refractivity contribution < 1.29 is 19.4 Å². The number of amides is 1. The van der Waals surface area contributed by atoms with Gasteiger partial charge in [-0.25, -0.2) is 0 Å². The van der Waals surface area contributed by atoms with Crippen LogP contribution in [0.3, 0.4) is 0 Å². The summed E-state index contributed by atoms with van der Waals surface area (Å²) >= 11 is 5.99. The molecule has 0 spiro atoms. The van der Waals surface area contributed by atoms with Crippen molar-refractivity contribution in [2.24, 2.45) is 0 Å². The van der Waals surface area contributed by atoms with Gasteiger partial charge < -0.3 is 9.84 Å². The first-order valence-corrected chi connectivity index (χ1v) is 9.50. The normalized spacial score (nSPS) is 17.9. The van der Waals surface area contributed by atoms with Crippen LogP contribution in [0.15, 0.2) is 78.6 Å². The second-order valence-electron chi connectivity index (χ2n) is 6.63. The van der Waals surface area contributed by atoms with Crippen molar-refractivity contribution in [3.05, 3.63) is 94.8 Å². The number of aromatic nitrogens is 1. The lowest BCUT2D eigenvalue weighted by Crippen LogP contribution is -2.29. The first-order valence-electron chi connectivity index (χ1n) is 9.13. The number of aliphatic hydroxyl groups is 1. The molecule has 1 unspecified atom stereocenters. The van der Waals surface area contributed by atoms with Gasteiger partial charge in [-0.05, 0) is 48.0 Å². The van der Waals surface area contributed by atoms with Crippen LogP contribution in [0.4, 0.5) is 5.69 Å². The van der Waals surface area contributed by atoms with Crippen LogP contribution in [-0.4, -0.2) is 28.9 Å². The van der Waals surface area contributed by atoms with Crippen molar-refractivity contribution in [1.29, 1.82) is 0 Å². The summed E-state index contributed by atoms with van der Waals surface area (Å²) in [4.78, 5) is 31.5. The summed E-state index contributed by atoms with van der Waals surface area (Å²) in [6.45, 7) is 0. The second-order valence-corrected chi connectivity index (χ2v) is 7.07. The summed E-state index contributed by atoms with van der Waals surface area (Å²) in [6, 6.07) is 15.9. The molecule has 4 rings (SSSR count). The van der Waals surface area contributed by atoms with Gasteiger partial charge in [-0.1, -0.05) is 29.8 Å². The van der Waals surface area contributed by atoms with Gasteiger partial charge in [0.25, 0.3) is 11.7 Å². The zero-order valence-electron chi connectivity index (χ0n) is 15.9. The van der Waals surface area contributed by atoms with Crippen molar-refractivity contribution >= 4 is 34.7 Å². The summed E-state index contributed by atoms with van der Waals surface area (Å²) in [6.07, 6.45) is 3.16. The largest absolute Gasteiger partial charge is 0.507 e. The lowest BCUT2D eigenvalue weighted by atomic mass is 9.96. The Hall–Kier alpha value is -3.64. The average molecular weight is 421 g/mol. The standard InChI is InChI=1S/C23H17ClN2O4/c1-30-18-7-3-2-6-17(18)21(27)19-20(14-5-4-12-25-13-14)26(23(29)22(19)28)16-10-8-15(24)9-11-16/h2-13,20,27H,1H3/b21-19-. The number of ketones is 1. The molecule has 1 atom stereocenters. The number of carbonyl (C=O) groups is 2. The van der Waals surface area contributed by atoms with Crippen LogP contribution in [0, 0.1) is 0 Å². The Balaban J connectivity index is 1.96. The van der Waals surface area contributed by atoms with E-state index in [2.05, 4.69) is 4.98 Å². The van der Waals surface area contributed by atoms with Crippen molar-refractivity contribution in [3.63, 3.8) is 0 Å². The van der Waals surface area contributed by atoms with Crippen LogP contribution in [0.5, 0.6) is 5.75 Å². The zero-order chi connectivity index (χ0) is 21.3. The highest BCUT2D eigenvalue weighted by atomic mass is 35.5. The average Bonchev–Trinajstić information content (AvgIpc) is 3.05. The zero-order valence-corrected chi connectivity index (χ0v) is 16.7. The van der Waals surface area contributed by atoms with Gasteiger partial charge in [0.15, 0.2) is 0 Å². The van der Waals surface area contributed by atoms with Crippen molar-refractivity contribution in [2.75, 3.05) is 12.0 Å². The first kappa shape index (κ1) is 19.7. The third kappa shape index (κ3) is 3.31. The fourth-order valence-corrected chi connectivity index (χ4v) is 3.66. The molecule has 7 heteroatoms. The third-order valence-corrected chi connectivity index (χ3v) is 5.16. The summed E-state index contributed by atoms with van der Waals surface area (Å²) in [5, 5.41) is 11.6. The topological polar surface area (TPSA) is 79.7 Å². The number of aliphatic hydroxyl groups excluding tert-OH is 1. The van der Waals surface area contributed by atoms with Gasteiger partial charge in [0.05, 0.1) is 24.3 Å². The van der Waals surface area contributed by atoms with Crippen LogP contribution in [0.25, 0.3) is 5.76 Å². The molecule has 1 aromatic heterocycles. The van der Waals surface area contributed by atoms with Gasteiger partial charge in [0.1, 0.15) is 11.5 Å². The fourth-order valence-electron chi connectivity index (χ4n) is 3.54. The van der Waals surface area contributed by atoms with E-state index < -0.39 is 17.7 Å². The number of nitrogens with zero attached hydrogens (tertiary/aromatic N) is 2. The Kier molecular flexibility index (Phi) is 5.25. The van der Waals surface area contributed by atoms with Gasteiger partial charge in [0, 0.05) is 23.1 Å². The molecule has 0 bridgehead atoms. The summed E-state index contributed by atoms with van der Waals surface area (Å²) in [5.41, 5.74) is 1.35. The van der Waals surface area contributed by atoms with E-state index in [1.54, 1.807) is 73.1 Å². The number of Topliss-reactive ketones (excluding diaryl/α,β-unsaturated/α-hetero) is 1. The molecule has 0 radical (unpaired) electrons. The minimum Gasteiger partial charge on any atom is -0.507 e. The van der Waals surface area contributed by atoms with E-state index in [1.165, 1.54) is 12.0 Å². The lowest BCUT2D eigenvalue weighted by molar-refractivity contribution is -0.132. The quantitative estimate of drug-likeness (QED) is 0.385. The molecular weight excluding hydrogens is 404 g/mol. The van der Waals surface area contributed by atoms with Gasteiger partial charge in [-0.15, -0.1) is 0 Å². The number of carbonyl (C=O) groups excluding carboxylic acids is 2. The Labute approximate surface area is 178 Å². The molecular formula is C23H17ClN2O4. The number of rotatable bonds is 4. The molecule has 0 aliphatic carbocycles. The van der Waals surface area contributed by atoms with Crippen LogP contribution in [0.1, 0.15) is 17.2 Å². The summed E-state index contributed by atoms with van der Waals surface area (Å²) in [5.74, 6) is -1.46. The number of hydrogen-bond donors (Lipinski definition) is 1. The molecule has 3 aromatic rings. The third-order valence-electron chi connectivity index (χ3n) is 4.91. The maximum atomic E-state index is 13.1. The Bertz CT molecular complexity index is 1140. The lowest BCUT2D eigenvalue weighted by Gasteiger charge is -2.25. The maximum Gasteiger partial charge on any atom is 0.300 e. The Morgan fingerprint density at radius 1 is 1.07 bits per heavy atom. The predicted molar refractivity (Wildman–Crippen MR) is 113 cm³/mol. The van der Waals surface area contributed by atoms with E-state index >= 15 is 0 Å². The number of hydrogen-bond acceptors (Lipinski definition) is 5. The van der Waals surface area contributed by atoms with Crippen molar-refractivity contribution in [1.82, 2.24) is 4.98 Å². The highest BCUT2D eigenvalue weighted by Gasteiger charge is 2.47. The highest BCUT2D eigenvalue weighted by Crippen LogP contribution is 2.43. The highest BCUT2D eigenvalue weighted by molar-refractivity contribution is 6.51. The van der Waals surface area contributed by atoms with E-state index in [4.69, 9.17) is 16.3 Å². The summed E-state index contributed by atoms with van der Waals surface area (Å²) in [7, 11) is 1.47. The molecule has 30 heavy (non-hydrogen) atoms. The molecule has 150 valence electrons. The number of methoxy groups -OCH3 is 1.